The Hall–Kier alpha value is -1.18. The average molecular weight is 219 g/mol. The van der Waals surface area contributed by atoms with Gasteiger partial charge in [0.2, 0.25) is 0 Å². The molecule has 0 radical (unpaired) electrons. The molecule has 0 bridgehead atoms. The van der Waals surface area contributed by atoms with Crippen LogP contribution in [0.5, 0.6) is 5.75 Å². The van der Waals surface area contributed by atoms with E-state index in [2.05, 4.69) is 6.92 Å². The van der Waals surface area contributed by atoms with Gasteiger partial charge in [0, 0.05) is 11.3 Å². The highest BCUT2D eigenvalue weighted by molar-refractivity contribution is 5.61. The molecule has 0 atom stereocenters. The smallest absolute Gasteiger partial charge is 0.120 e. The van der Waals surface area contributed by atoms with Gasteiger partial charge < -0.3 is 10.8 Å². The van der Waals surface area contributed by atoms with Gasteiger partial charge in [0.15, 0.2) is 0 Å². The van der Waals surface area contributed by atoms with E-state index in [-0.39, 0.29) is 5.41 Å². The normalized spacial score (nSPS) is 19.6. The Kier molecular flexibility index (Phi) is 2.83. The first kappa shape index (κ1) is 11.3. The molecule has 2 rings (SSSR count). The highest BCUT2D eigenvalue weighted by Gasteiger charge is 2.31. The summed E-state index contributed by atoms with van der Waals surface area (Å²) >= 11 is 0. The molecule has 1 aliphatic rings. The van der Waals surface area contributed by atoms with E-state index in [1.54, 1.807) is 6.07 Å². The second-order valence-electron chi connectivity index (χ2n) is 5.29. The van der Waals surface area contributed by atoms with Crippen molar-refractivity contribution in [2.24, 2.45) is 0 Å². The van der Waals surface area contributed by atoms with Crippen molar-refractivity contribution in [3.05, 3.63) is 23.3 Å². The first-order valence-corrected chi connectivity index (χ1v) is 6.13. The maximum absolute atomic E-state index is 9.63. The molecular formula is C14H21NO. The maximum Gasteiger partial charge on any atom is 0.120 e. The van der Waals surface area contributed by atoms with Crippen LogP contribution in [-0.4, -0.2) is 5.11 Å². The Balaban J connectivity index is 2.43. The van der Waals surface area contributed by atoms with Gasteiger partial charge in [-0.2, -0.15) is 0 Å². The molecule has 2 nitrogen and oxygen atoms in total. The van der Waals surface area contributed by atoms with Crippen LogP contribution < -0.4 is 5.73 Å². The van der Waals surface area contributed by atoms with Crippen LogP contribution in [0.2, 0.25) is 0 Å². The topological polar surface area (TPSA) is 46.2 Å². The summed E-state index contributed by atoms with van der Waals surface area (Å²) < 4.78 is 0. The van der Waals surface area contributed by atoms with E-state index in [4.69, 9.17) is 5.73 Å². The fourth-order valence-corrected chi connectivity index (χ4v) is 2.84. The van der Waals surface area contributed by atoms with Crippen molar-refractivity contribution in [2.45, 2.75) is 51.4 Å². The number of phenolic OH excluding ortho intramolecular Hbond substituents is 1. The summed E-state index contributed by atoms with van der Waals surface area (Å²) in [5.74, 6) is 0.306. The summed E-state index contributed by atoms with van der Waals surface area (Å²) in [4.78, 5) is 0. The Morgan fingerprint density at radius 3 is 2.44 bits per heavy atom. The molecule has 0 aromatic heterocycles. The quantitative estimate of drug-likeness (QED) is 0.710. The monoisotopic (exact) mass is 219 g/mol. The fourth-order valence-electron chi connectivity index (χ4n) is 2.84. The molecule has 1 aliphatic carbocycles. The summed E-state index contributed by atoms with van der Waals surface area (Å²) in [5, 5.41) is 9.63. The van der Waals surface area contributed by atoms with Crippen LogP contribution in [0.4, 0.5) is 5.69 Å². The van der Waals surface area contributed by atoms with Crippen LogP contribution in [-0.2, 0) is 5.41 Å². The third-order valence-electron chi connectivity index (χ3n) is 4.09. The minimum absolute atomic E-state index is 0.209. The lowest BCUT2D eigenvalue weighted by atomic mass is 9.70. The lowest BCUT2D eigenvalue weighted by molar-refractivity contribution is 0.320. The lowest BCUT2D eigenvalue weighted by Crippen LogP contribution is -2.26. The van der Waals surface area contributed by atoms with Gasteiger partial charge in [-0.25, -0.2) is 0 Å². The molecule has 1 aromatic carbocycles. The predicted octanol–water partition coefficient (Wildman–Crippen LogP) is 3.50. The standard InChI is InChI=1S/C14H21NO/c1-10-12(16)7-6-11(13(10)15)14(2)8-4-3-5-9-14/h6-7,16H,3-5,8-9,15H2,1-2H3. The highest BCUT2D eigenvalue weighted by atomic mass is 16.3. The van der Waals surface area contributed by atoms with Crippen molar-refractivity contribution in [1.82, 2.24) is 0 Å². The third-order valence-corrected chi connectivity index (χ3v) is 4.09. The molecule has 0 spiro atoms. The van der Waals surface area contributed by atoms with Gasteiger partial charge in [0.25, 0.3) is 0 Å². The van der Waals surface area contributed by atoms with Gasteiger partial charge in [0.05, 0.1) is 0 Å². The first-order chi connectivity index (χ1) is 7.54. The van der Waals surface area contributed by atoms with Crippen molar-refractivity contribution in [2.75, 3.05) is 5.73 Å². The molecular weight excluding hydrogens is 198 g/mol. The summed E-state index contributed by atoms with van der Waals surface area (Å²) in [6, 6.07) is 3.78. The molecule has 2 heteroatoms. The zero-order chi connectivity index (χ0) is 11.8. The summed E-state index contributed by atoms with van der Waals surface area (Å²) in [7, 11) is 0. The second-order valence-corrected chi connectivity index (χ2v) is 5.29. The minimum Gasteiger partial charge on any atom is -0.508 e. The van der Waals surface area contributed by atoms with E-state index in [1.807, 2.05) is 13.0 Å². The zero-order valence-electron chi connectivity index (χ0n) is 10.2. The van der Waals surface area contributed by atoms with Crippen molar-refractivity contribution < 1.29 is 5.11 Å². The maximum atomic E-state index is 9.63. The van der Waals surface area contributed by atoms with E-state index in [9.17, 15) is 5.11 Å². The third kappa shape index (κ3) is 1.77. The Morgan fingerprint density at radius 2 is 1.81 bits per heavy atom. The Labute approximate surface area is 97.5 Å². The predicted molar refractivity (Wildman–Crippen MR) is 67.7 cm³/mol. The molecule has 0 heterocycles. The number of benzene rings is 1. The molecule has 0 unspecified atom stereocenters. The van der Waals surface area contributed by atoms with E-state index in [0.717, 1.165) is 11.3 Å². The van der Waals surface area contributed by atoms with Crippen molar-refractivity contribution in [3.8, 4) is 5.75 Å². The summed E-state index contributed by atoms with van der Waals surface area (Å²) in [6.45, 7) is 4.19. The van der Waals surface area contributed by atoms with Gasteiger partial charge in [-0.15, -0.1) is 0 Å². The number of anilines is 1. The van der Waals surface area contributed by atoms with Crippen LogP contribution in [0.15, 0.2) is 12.1 Å². The van der Waals surface area contributed by atoms with Crippen LogP contribution in [0.3, 0.4) is 0 Å². The molecule has 0 aliphatic heterocycles. The van der Waals surface area contributed by atoms with Crippen molar-refractivity contribution in [1.29, 1.82) is 0 Å². The van der Waals surface area contributed by atoms with E-state index in [0.29, 0.717) is 5.75 Å². The molecule has 1 saturated carbocycles. The molecule has 0 saturated heterocycles. The highest BCUT2D eigenvalue weighted by Crippen LogP contribution is 2.43. The van der Waals surface area contributed by atoms with Crippen LogP contribution in [0.1, 0.15) is 50.2 Å². The minimum atomic E-state index is 0.209. The lowest BCUT2D eigenvalue weighted by Gasteiger charge is -2.35. The molecule has 1 aromatic rings. The molecule has 1 fully saturated rings. The number of nitrogens with two attached hydrogens (primary N) is 1. The summed E-state index contributed by atoms with van der Waals surface area (Å²) in [6.07, 6.45) is 6.33. The van der Waals surface area contributed by atoms with Gasteiger partial charge in [-0.3, -0.25) is 0 Å². The van der Waals surface area contributed by atoms with Crippen molar-refractivity contribution >= 4 is 5.69 Å². The van der Waals surface area contributed by atoms with Gasteiger partial charge in [-0.1, -0.05) is 32.3 Å². The molecule has 16 heavy (non-hydrogen) atoms. The van der Waals surface area contributed by atoms with E-state index >= 15 is 0 Å². The molecule has 3 N–H and O–H groups in total. The summed E-state index contributed by atoms with van der Waals surface area (Å²) in [5.41, 5.74) is 9.18. The Bertz CT molecular complexity index is 392. The van der Waals surface area contributed by atoms with Crippen LogP contribution in [0.25, 0.3) is 0 Å². The second kappa shape index (κ2) is 4.00. The largest absolute Gasteiger partial charge is 0.508 e. The number of hydrogen-bond acceptors (Lipinski definition) is 2. The number of rotatable bonds is 1. The zero-order valence-corrected chi connectivity index (χ0v) is 10.2. The van der Waals surface area contributed by atoms with Gasteiger partial charge in [-0.05, 0) is 36.8 Å². The first-order valence-electron chi connectivity index (χ1n) is 6.13. The fraction of sp³-hybridized carbons (Fsp3) is 0.571. The SMILES string of the molecule is Cc1c(O)ccc(C2(C)CCCCC2)c1N. The number of phenols is 1. The molecule has 0 amide bonds. The number of hydrogen-bond donors (Lipinski definition) is 2. The number of aromatic hydroxyl groups is 1. The van der Waals surface area contributed by atoms with Crippen molar-refractivity contribution in [3.63, 3.8) is 0 Å². The van der Waals surface area contributed by atoms with E-state index < -0.39 is 0 Å². The van der Waals surface area contributed by atoms with Crippen LogP contribution >= 0.6 is 0 Å². The molecule has 88 valence electrons. The van der Waals surface area contributed by atoms with Gasteiger partial charge in [0.1, 0.15) is 5.75 Å². The van der Waals surface area contributed by atoms with E-state index in [1.165, 1.54) is 37.7 Å². The Morgan fingerprint density at radius 1 is 1.19 bits per heavy atom. The van der Waals surface area contributed by atoms with Crippen LogP contribution in [0, 0.1) is 6.92 Å². The van der Waals surface area contributed by atoms with Gasteiger partial charge >= 0.3 is 0 Å². The number of nitrogen functional groups attached to an aromatic ring is 1. The average Bonchev–Trinajstić information content (AvgIpc) is 2.27.